The molecule has 1 heterocycles. The van der Waals surface area contributed by atoms with E-state index >= 15 is 0 Å². The van der Waals surface area contributed by atoms with Crippen molar-refractivity contribution in [1.82, 2.24) is 10.2 Å². The van der Waals surface area contributed by atoms with Crippen LogP contribution >= 0.6 is 0 Å². The molecule has 1 fully saturated rings. The molecule has 3 heteroatoms. The summed E-state index contributed by atoms with van der Waals surface area (Å²) in [6, 6.07) is 11.4. The number of nitrogens with one attached hydrogen (secondary N) is 1. The summed E-state index contributed by atoms with van der Waals surface area (Å²) in [4.78, 5) is 2.54. The van der Waals surface area contributed by atoms with Crippen LogP contribution in [-0.4, -0.2) is 43.3 Å². The predicted octanol–water partition coefficient (Wildman–Crippen LogP) is 2.67. The maximum Gasteiger partial charge on any atom is 0.0634 e. The fourth-order valence-electron chi connectivity index (χ4n) is 2.66. The standard InChI is InChI=1S/C17H28N2O/c1-17(2,20-3)10-11-18-16-9-12-19(14-16)13-15-7-5-4-6-8-15/h4-8,16,18H,9-14H2,1-3H3. The van der Waals surface area contributed by atoms with E-state index < -0.39 is 0 Å². The van der Waals surface area contributed by atoms with E-state index in [0.29, 0.717) is 6.04 Å². The number of rotatable bonds is 7. The molecule has 1 aliphatic rings. The van der Waals surface area contributed by atoms with Gasteiger partial charge in [0.2, 0.25) is 0 Å². The van der Waals surface area contributed by atoms with Crippen molar-refractivity contribution in [3.05, 3.63) is 35.9 Å². The van der Waals surface area contributed by atoms with Gasteiger partial charge in [-0.2, -0.15) is 0 Å². The molecule has 0 amide bonds. The number of nitrogens with zero attached hydrogens (tertiary/aromatic N) is 1. The van der Waals surface area contributed by atoms with Crippen LogP contribution in [0.3, 0.4) is 0 Å². The van der Waals surface area contributed by atoms with Crippen molar-refractivity contribution in [2.24, 2.45) is 0 Å². The lowest BCUT2D eigenvalue weighted by Crippen LogP contribution is -2.36. The Balaban J connectivity index is 1.68. The molecular formula is C17H28N2O. The number of hydrogen-bond donors (Lipinski definition) is 1. The van der Waals surface area contributed by atoms with Crippen molar-refractivity contribution >= 4 is 0 Å². The maximum absolute atomic E-state index is 5.45. The lowest BCUT2D eigenvalue weighted by Gasteiger charge is -2.24. The molecule has 0 radical (unpaired) electrons. The molecular weight excluding hydrogens is 248 g/mol. The van der Waals surface area contributed by atoms with Crippen LogP contribution < -0.4 is 5.32 Å². The first-order chi connectivity index (χ1) is 9.59. The zero-order chi connectivity index (χ0) is 14.4. The summed E-state index contributed by atoms with van der Waals surface area (Å²) in [5, 5.41) is 3.67. The van der Waals surface area contributed by atoms with Gasteiger partial charge in [-0.15, -0.1) is 0 Å². The SMILES string of the molecule is COC(C)(C)CCNC1CCN(Cc2ccccc2)C1. The van der Waals surface area contributed by atoms with E-state index in [1.165, 1.54) is 18.5 Å². The van der Waals surface area contributed by atoms with Gasteiger partial charge in [0, 0.05) is 32.8 Å². The number of benzene rings is 1. The molecule has 0 spiro atoms. The van der Waals surface area contributed by atoms with E-state index in [2.05, 4.69) is 54.4 Å². The number of likely N-dealkylation sites (tertiary alicyclic amines) is 1. The average molecular weight is 276 g/mol. The first kappa shape index (κ1) is 15.5. The first-order valence-corrected chi connectivity index (χ1v) is 7.64. The van der Waals surface area contributed by atoms with Crippen LogP contribution in [0, 0.1) is 0 Å². The van der Waals surface area contributed by atoms with Crippen molar-refractivity contribution in [3.63, 3.8) is 0 Å². The third-order valence-electron chi connectivity index (χ3n) is 4.23. The van der Waals surface area contributed by atoms with Crippen LogP contribution in [0.4, 0.5) is 0 Å². The summed E-state index contributed by atoms with van der Waals surface area (Å²) < 4.78 is 5.45. The maximum atomic E-state index is 5.45. The van der Waals surface area contributed by atoms with E-state index in [9.17, 15) is 0 Å². The zero-order valence-electron chi connectivity index (χ0n) is 13.1. The first-order valence-electron chi connectivity index (χ1n) is 7.64. The van der Waals surface area contributed by atoms with Crippen LogP contribution in [0.15, 0.2) is 30.3 Å². The van der Waals surface area contributed by atoms with Gasteiger partial charge in [-0.3, -0.25) is 4.90 Å². The minimum Gasteiger partial charge on any atom is -0.379 e. The fourth-order valence-corrected chi connectivity index (χ4v) is 2.66. The van der Waals surface area contributed by atoms with Crippen molar-refractivity contribution in [1.29, 1.82) is 0 Å². The van der Waals surface area contributed by atoms with Gasteiger partial charge in [0.15, 0.2) is 0 Å². The van der Waals surface area contributed by atoms with Gasteiger partial charge < -0.3 is 10.1 Å². The third kappa shape index (κ3) is 4.89. The largest absolute Gasteiger partial charge is 0.379 e. The molecule has 112 valence electrons. The topological polar surface area (TPSA) is 24.5 Å². The Morgan fingerprint density at radius 1 is 1.30 bits per heavy atom. The fraction of sp³-hybridized carbons (Fsp3) is 0.647. The molecule has 1 saturated heterocycles. The van der Waals surface area contributed by atoms with Gasteiger partial charge in [-0.25, -0.2) is 0 Å². The van der Waals surface area contributed by atoms with E-state index in [1.807, 2.05) is 0 Å². The monoisotopic (exact) mass is 276 g/mol. The number of hydrogen-bond acceptors (Lipinski definition) is 3. The second kappa shape index (κ2) is 7.21. The van der Waals surface area contributed by atoms with Gasteiger partial charge in [0.1, 0.15) is 0 Å². The van der Waals surface area contributed by atoms with Gasteiger partial charge in [-0.05, 0) is 38.8 Å². The minimum absolute atomic E-state index is 0.0185. The highest BCUT2D eigenvalue weighted by Gasteiger charge is 2.23. The van der Waals surface area contributed by atoms with Crippen LogP contribution in [0.1, 0.15) is 32.3 Å². The van der Waals surface area contributed by atoms with Gasteiger partial charge >= 0.3 is 0 Å². The molecule has 1 unspecified atom stereocenters. The van der Waals surface area contributed by atoms with Gasteiger partial charge in [0.05, 0.1) is 5.60 Å². The number of methoxy groups -OCH3 is 1. The highest BCUT2D eigenvalue weighted by molar-refractivity contribution is 5.14. The highest BCUT2D eigenvalue weighted by Crippen LogP contribution is 2.15. The molecule has 0 aliphatic carbocycles. The summed E-state index contributed by atoms with van der Waals surface area (Å²) in [6.45, 7) is 8.74. The minimum atomic E-state index is -0.0185. The Morgan fingerprint density at radius 3 is 2.75 bits per heavy atom. The summed E-state index contributed by atoms with van der Waals surface area (Å²) >= 11 is 0. The van der Waals surface area contributed by atoms with Crippen molar-refractivity contribution in [2.75, 3.05) is 26.7 Å². The number of ether oxygens (including phenoxy) is 1. The van der Waals surface area contributed by atoms with E-state index in [0.717, 1.165) is 26.1 Å². The predicted molar refractivity (Wildman–Crippen MR) is 83.8 cm³/mol. The Labute approximate surface area is 123 Å². The summed E-state index contributed by atoms with van der Waals surface area (Å²) in [5.74, 6) is 0. The van der Waals surface area contributed by atoms with Gasteiger partial charge in [0.25, 0.3) is 0 Å². The van der Waals surface area contributed by atoms with Crippen molar-refractivity contribution in [3.8, 4) is 0 Å². The second-order valence-electron chi connectivity index (χ2n) is 6.37. The molecule has 0 bridgehead atoms. The van der Waals surface area contributed by atoms with Crippen LogP contribution in [0.2, 0.25) is 0 Å². The smallest absolute Gasteiger partial charge is 0.0634 e. The molecule has 1 atom stereocenters. The Morgan fingerprint density at radius 2 is 2.05 bits per heavy atom. The normalized spacial score (nSPS) is 20.4. The molecule has 1 aliphatic heterocycles. The molecule has 1 aromatic carbocycles. The summed E-state index contributed by atoms with van der Waals surface area (Å²) in [5.41, 5.74) is 1.39. The highest BCUT2D eigenvalue weighted by atomic mass is 16.5. The van der Waals surface area contributed by atoms with Crippen molar-refractivity contribution < 1.29 is 4.74 Å². The lowest BCUT2D eigenvalue weighted by atomic mass is 10.1. The molecule has 20 heavy (non-hydrogen) atoms. The molecule has 2 rings (SSSR count). The van der Waals surface area contributed by atoms with Crippen LogP contribution in [0.5, 0.6) is 0 Å². The van der Waals surface area contributed by atoms with Crippen molar-refractivity contribution in [2.45, 2.75) is 44.9 Å². The van der Waals surface area contributed by atoms with Crippen LogP contribution in [0.25, 0.3) is 0 Å². The van der Waals surface area contributed by atoms with Gasteiger partial charge in [-0.1, -0.05) is 30.3 Å². The Hall–Kier alpha value is -0.900. The quantitative estimate of drug-likeness (QED) is 0.828. The Bertz CT molecular complexity index is 391. The molecule has 1 aromatic rings. The molecule has 0 aromatic heterocycles. The summed E-state index contributed by atoms with van der Waals surface area (Å²) in [6.07, 6.45) is 2.30. The summed E-state index contributed by atoms with van der Waals surface area (Å²) in [7, 11) is 1.79. The second-order valence-corrected chi connectivity index (χ2v) is 6.37. The van der Waals surface area contributed by atoms with Crippen LogP contribution in [-0.2, 0) is 11.3 Å². The molecule has 1 N–H and O–H groups in total. The zero-order valence-corrected chi connectivity index (χ0v) is 13.1. The third-order valence-corrected chi connectivity index (χ3v) is 4.23. The molecule has 3 nitrogen and oxygen atoms in total. The average Bonchev–Trinajstić information content (AvgIpc) is 2.87. The van der Waals surface area contributed by atoms with E-state index in [-0.39, 0.29) is 5.60 Å². The van der Waals surface area contributed by atoms with E-state index in [4.69, 9.17) is 4.74 Å². The lowest BCUT2D eigenvalue weighted by molar-refractivity contribution is 0.0154. The Kier molecular flexibility index (Phi) is 5.58. The van der Waals surface area contributed by atoms with E-state index in [1.54, 1.807) is 7.11 Å². The molecule has 0 saturated carbocycles.